The van der Waals surface area contributed by atoms with E-state index < -0.39 is 6.10 Å². The molecule has 152 valence electrons. The molecule has 0 bridgehead atoms. The third-order valence-electron chi connectivity index (χ3n) is 5.37. The molecule has 0 aliphatic heterocycles. The molecule has 2 aromatic rings. The molecule has 1 amide bonds. The summed E-state index contributed by atoms with van der Waals surface area (Å²) >= 11 is 1.65. The maximum atomic E-state index is 12.7. The summed E-state index contributed by atoms with van der Waals surface area (Å²) in [5.41, 5.74) is 4.84. The second-order valence-corrected chi connectivity index (χ2v) is 8.85. The number of aryl methyl sites for hydroxylation is 2. The van der Waals surface area contributed by atoms with Gasteiger partial charge in [-0.05, 0) is 73.8 Å². The van der Waals surface area contributed by atoms with Crippen molar-refractivity contribution in [1.29, 1.82) is 0 Å². The highest BCUT2D eigenvalue weighted by Gasteiger charge is 2.48. The summed E-state index contributed by atoms with van der Waals surface area (Å²) in [5, 5.41) is 12.4. The van der Waals surface area contributed by atoms with Gasteiger partial charge in [0, 0.05) is 11.4 Å². The second-order valence-electron chi connectivity index (χ2n) is 7.63. The van der Waals surface area contributed by atoms with Crippen LogP contribution in [0.4, 0.5) is 0 Å². The van der Waals surface area contributed by atoms with E-state index in [1.54, 1.807) is 18.3 Å². The number of carbonyl (C=O) groups excluding carboxylic acids is 1. The predicted octanol–water partition coefficient (Wildman–Crippen LogP) is 4.74. The zero-order chi connectivity index (χ0) is 20.4. The molecule has 28 heavy (non-hydrogen) atoms. The van der Waals surface area contributed by atoms with E-state index in [0.717, 1.165) is 40.0 Å². The van der Waals surface area contributed by atoms with Crippen LogP contribution in [-0.2, 0) is 13.0 Å². The fourth-order valence-electron chi connectivity index (χ4n) is 4.02. The highest BCUT2D eigenvalue weighted by molar-refractivity contribution is 7.14. The number of amides is 1. The molecule has 3 atom stereocenters. The molecule has 1 aromatic carbocycles. The van der Waals surface area contributed by atoms with E-state index in [9.17, 15) is 9.90 Å². The van der Waals surface area contributed by atoms with Crippen molar-refractivity contribution in [3.63, 3.8) is 0 Å². The average Bonchev–Trinajstić information content (AvgIpc) is 3.20. The van der Waals surface area contributed by atoms with E-state index in [1.165, 1.54) is 22.4 Å². The van der Waals surface area contributed by atoms with Gasteiger partial charge in [-0.3, -0.25) is 4.79 Å². The first-order valence-corrected chi connectivity index (χ1v) is 11.1. The molecule has 5 heteroatoms. The Morgan fingerprint density at radius 1 is 1.36 bits per heavy atom. The van der Waals surface area contributed by atoms with Crippen LogP contribution in [0.15, 0.2) is 18.2 Å². The normalized spacial score (nSPS) is 19.8. The first kappa shape index (κ1) is 20.9. The Labute approximate surface area is 171 Å². The van der Waals surface area contributed by atoms with Crippen LogP contribution >= 0.6 is 11.3 Å². The summed E-state index contributed by atoms with van der Waals surface area (Å²) in [6.07, 6.45) is 1.91. The van der Waals surface area contributed by atoms with Crippen LogP contribution in [0.5, 0.6) is 5.75 Å². The highest BCUT2D eigenvalue weighted by Crippen LogP contribution is 2.59. The number of ether oxygens (including phenoxy) is 1. The van der Waals surface area contributed by atoms with Crippen LogP contribution in [0.1, 0.15) is 69.9 Å². The van der Waals surface area contributed by atoms with Crippen molar-refractivity contribution in [3.8, 4) is 5.75 Å². The highest BCUT2D eigenvalue weighted by atomic mass is 32.1. The Morgan fingerprint density at radius 2 is 2.11 bits per heavy atom. The lowest BCUT2D eigenvalue weighted by Gasteiger charge is -2.12. The number of aliphatic hydroxyl groups excluding tert-OH is 1. The summed E-state index contributed by atoms with van der Waals surface area (Å²) in [7, 11) is 0. The minimum Gasteiger partial charge on any atom is -0.491 e. The number of fused-ring (bicyclic) bond motifs is 3. The summed E-state index contributed by atoms with van der Waals surface area (Å²) in [6, 6.07) is 5.89. The smallest absolute Gasteiger partial charge is 0.261 e. The van der Waals surface area contributed by atoms with Gasteiger partial charge in [-0.1, -0.05) is 26.0 Å². The average molecular weight is 402 g/mol. The van der Waals surface area contributed by atoms with Crippen molar-refractivity contribution in [3.05, 3.63) is 50.2 Å². The molecule has 2 aliphatic carbocycles. The summed E-state index contributed by atoms with van der Waals surface area (Å²) in [5.74, 6) is 2.36. The van der Waals surface area contributed by atoms with Crippen LogP contribution in [0.3, 0.4) is 0 Å². The van der Waals surface area contributed by atoms with Gasteiger partial charge in [0.05, 0.1) is 11.0 Å². The van der Waals surface area contributed by atoms with Gasteiger partial charge in [0.25, 0.3) is 5.91 Å². The molecule has 1 fully saturated rings. The van der Waals surface area contributed by atoms with Crippen molar-refractivity contribution in [2.24, 2.45) is 5.92 Å². The Morgan fingerprint density at radius 3 is 2.79 bits per heavy atom. The predicted molar refractivity (Wildman–Crippen MR) is 114 cm³/mol. The third kappa shape index (κ3) is 4.26. The molecule has 1 aromatic heterocycles. The summed E-state index contributed by atoms with van der Waals surface area (Å²) in [6.45, 7) is 10.6. The van der Waals surface area contributed by atoms with Crippen LogP contribution < -0.4 is 10.1 Å². The molecule has 4 nitrogen and oxygen atoms in total. The monoisotopic (exact) mass is 401 g/mol. The first-order chi connectivity index (χ1) is 13.4. The molecule has 2 aliphatic rings. The van der Waals surface area contributed by atoms with E-state index in [2.05, 4.69) is 12.2 Å². The van der Waals surface area contributed by atoms with E-state index in [1.807, 2.05) is 39.0 Å². The zero-order valence-corrected chi connectivity index (χ0v) is 18.3. The lowest BCUT2D eigenvalue weighted by molar-refractivity contribution is 0.0954. The van der Waals surface area contributed by atoms with Gasteiger partial charge in [-0.2, -0.15) is 0 Å². The Bertz CT molecular complexity index is 856. The number of aliphatic hydroxyl groups is 1. The molecule has 1 heterocycles. The maximum absolute atomic E-state index is 12.7. The van der Waals surface area contributed by atoms with Gasteiger partial charge >= 0.3 is 0 Å². The fraction of sp³-hybridized carbons (Fsp3) is 0.522. The summed E-state index contributed by atoms with van der Waals surface area (Å²) < 4.78 is 5.58. The van der Waals surface area contributed by atoms with Crippen LogP contribution in [0.2, 0.25) is 0 Å². The molecule has 0 radical (unpaired) electrons. The van der Waals surface area contributed by atoms with E-state index in [4.69, 9.17) is 4.74 Å². The van der Waals surface area contributed by atoms with Crippen LogP contribution in [0.25, 0.3) is 0 Å². The van der Waals surface area contributed by atoms with Gasteiger partial charge in [0.15, 0.2) is 0 Å². The van der Waals surface area contributed by atoms with Crippen molar-refractivity contribution in [2.75, 3.05) is 6.61 Å². The van der Waals surface area contributed by atoms with Gasteiger partial charge < -0.3 is 15.2 Å². The quantitative estimate of drug-likeness (QED) is 0.735. The number of benzene rings is 1. The SMILES string of the molecule is CC.Cc1cc(CNC(=O)c2sc(C)c3c2C[C@H]2C[C@@H]32)ccc1OCC(C)O. The largest absolute Gasteiger partial charge is 0.491 e. The number of nitrogens with one attached hydrogen (secondary N) is 1. The minimum atomic E-state index is -0.490. The van der Waals surface area contributed by atoms with E-state index >= 15 is 0 Å². The molecule has 1 unspecified atom stereocenters. The number of carbonyl (C=O) groups is 1. The molecule has 1 saturated carbocycles. The molecule has 2 N–H and O–H groups in total. The van der Waals surface area contributed by atoms with Crippen molar-refractivity contribution < 1.29 is 14.6 Å². The van der Waals surface area contributed by atoms with Gasteiger partial charge in [0.2, 0.25) is 0 Å². The number of hydrogen-bond donors (Lipinski definition) is 2. The van der Waals surface area contributed by atoms with Crippen molar-refractivity contribution >= 4 is 17.2 Å². The van der Waals surface area contributed by atoms with Crippen LogP contribution in [-0.4, -0.2) is 23.7 Å². The third-order valence-corrected chi connectivity index (χ3v) is 6.53. The first-order valence-electron chi connectivity index (χ1n) is 10.2. The van der Waals surface area contributed by atoms with Crippen molar-refractivity contribution in [2.45, 2.75) is 66.0 Å². The van der Waals surface area contributed by atoms with E-state index in [0.29, 0.717) is 6.54 Å². The zero-order valence-electron chi connectivity index (χ0n) is 17.5. The Kier molecular flexibility index (Phi) is 6.46. The van der Waals surface area contributed by atoms with Crippen LogP contribution in [0, 0.1) is 19.8 Å². The maximum Gasteiger partial charge on any atom is 0.261 e. The molecule has 4 rings (SSSR count). The van der Waals surface area contributed by atoms with Gasteiger partial charge in [-0.25, -0.2) is 0 Å². The molecular formula is C23H31NO3S. The van der Waals surface area contributed by atoms with Gasteiger partial charge in [0.1, 0.15) is 12.4 Å². The fourth-order valence-corrected chi connectivity index (χ4v) is 5.19. The standard InChI is InChI=1S/C21H25NO3S.C2H6/c1-11-6-14(4-5-18(11)25-10-12(2)23)9-22-21(24)20-17-8-15-7-16(15)19(17)13(3)26-20;1-2/h4-6,12,15-16,23H,7-10H2,1-3H3,(H,22,24);1-2H3/t12?,15-,16-;/m1./s1. The topological polar surface area (TPSA) is 58.6 Å². The Hall–Kier alpha value is -1.85. The Balaban J connectivity index is 0.00000109. The second kappa shape index (κ2) is 8.66. The number of hydrogen-bond acceptors (Lipinski definition) is 4. The summed E-state index contributed by atoms with van der Waals surface area (Å²) in [4.78, 5) is 14.9. The minimum absolute atomic E-state index is 0.0488. The molecule has 0 saturated heterocycles. The van der Waals surface area contributed by atoms with Crippen molar-refractivity contribution in [1.82, 2.24) is 5.32 Å². The molecular weight excluding hydrogens is 370 g/mol. The number of thiophene rings is 1. The lowest BCUT2D eigenvalue weighted by Crippen LogP contribution is -2.23. The van der Waals surface area contributed by atoms with E-state index in [-0.39, 0.29) is 12.5 Å². The molecule has 0 spiro atoms. The van der Waals surface area contributed by atoms with Gasteiger partial charge in [-0.15, -0.1) is 11.3 Å². The lowest BCUT2D eigenvalue weighted by atomic mass is 10.1. The number of rotatable bonds is 6.